The number of aromatic nitrogens is 2. The summed E-state index contributed by atoms with van der Waals surface area (Å²) >= 11 is 0. The Morgan fingerprint density at radius 3 is 2.71 bits per heavy atom. The van der Waals surface area contributed by atoms with Gasteiger partial charge in [-0.1, -0.05) is 20.8 Å². The largest absolute Gasteiger partial charge is 0.381 e. The van der Waals surface area contributed by atoms with Crippen molar-refractivity contribution in [1.82, 2.24) is 15.1 Å². The number of nitrogens with one attached hydrogen (secondary N) is 1. The molecule has 2 heterocycles. The molecule has 1 aliphatic rings. The average Bonchev–Trinajstić information content (AvgIpc) is 3.12. The summed E-state index contributed by atoms with van der Waals surface area (Å²) in [7, 11) is 0. The molecule has 4 heteroatoms. The molecule has 0 spiro atoms. The van der Waals surface area contributed by atoms with Gasteiger partial charge in [0.05, 0.1) is 12.3 Å². The van der Waals surface area contributed by atoms with Crippen LogP contribution in [-0.4, -0.2) is 29.5 Å². The number of aryl methyl sites for hydroxylation is 1. The number of rotatable bonds is 8. The summed E-state index contributed by atoms with van der Waals surface area (Å²) in [6, 6.07) is 0.392. The number of hydrogen-bond acceptors (Lipinski definition) is 3. The smallest absolute Gasteiger partial charge is 0.0672 e. The van der Waals surface area contributed by atoms with Gasteiger partial charge in [0.2, 0.25) is 0 Å². The lowest BCUT2D eigenvalue weighted by Gasteiger charge is -2.16. The van der Waals surface area contributed by atoms with Crippen LogP contribution in [0.3, 0.4) is 0 Å². The van der Waals surface area contributed by atoms with E-state index < -0.39 is 0 Å². The number of ether oxygens (including phenoxy) is 1. The topological polar surface area (TPSA) is 39.1 Å². The fourth-order valence-electron chi connectivity index (χ4n) is 3.29. The van der Waals surface area contributed by atoms with Crippen molar-refractivity contribution in [3.8, 4) is 0 Å². The van der Waals surface area contributed by atoms with Crippen LogP contribution in [-0.2, 0) is 24.1 Å². The molecular weight excluding hydrogens is 262 g/mol. The number of nitrogens with zero attached hydrogens (tertiary/aromatic N) is 2. The molecule has 1 saturated heterocycles. The van der Waals surface area contributed by atoms with Gasteiger partial charge in [-0.2, -0.15) is 5.10 Å². The van der Waals surface area contributed by atoms with Crippen LogP contribution in [0.1, 0.15) is 63.5 Å². The quantitative estimate of drug-likeness (QED) is 0.800. The maximum absolute atomic E-state index is 5.51. The van der Waals surface area contributed by atoms with Gasteiger partial charge in [-0.25, -0.2) is 0 Å². The normalized spacial score (nSPS) is 20.1. The van der Waals surface area contributed by atoms with E-state index in [1.165, 1.54) is 29.8 Å². The van der Waals surface area contributed by atoms with Crippen molar-refractivity contribution in [1.29, 1.82) is 0 Å². The van der Waals surface area contributed by atoms with E-state index in [1.807, 2.05) is 0 Å². The molecule has 1 aromatic heterocycles. The minimum absolute atomic E-state index is 0.392. The van der Waals surface area contributed by atoms with Crippen molar-refractivity contribution in [2.24, 2.45) is 5.92 Å². The molecule has 120 valence electrons. The maximum atomic E-state index is 5.51. The van der Waals surface area contributed by atoms with Gasteiger partial charge in [0.15, 0.2) is 0 Å². The Morgan fingerprint density at radius 1 is 1.33 bits per heavy atom. The van der Waals surface area contributed by atoms with Crippen molar-refractivity contribution >= 4 is 0 Å². The summed E-state index contributed by atoms with van der Waals surface area (Å²) in [6.45, 7) is 12.8. The zero-order valence-electron chi connectivity index (χ0n) is 14.1. The van der Waals surface area contributed by atoms with Gasteiger partial charge in [0, 0.05) is 36.4 Å². The first kappa shape index (κ1) is 16.5. The van der Waals surface area contributed by atoms with Gasteiger partial charge in [-0.3, -0.25) is 4.68 Å². The lowest BCUT2D eigenvalue weighted by atomic mass is 10.0. The predicted molar refractivity (Wildman–Crippen MR) is 86.6 cm³/mol. The zero-order valence-corrected chi connectivity index (χ0v) is 14.1. The van der Waals surface area contributed by atoms with Crippen molar-refractivity contribution in [2.75, 3.05) is 19.8 Å². The van der Waals surface area contributed by atoms with Crippen LogP contribution in [0.4, 0.5) is 0 Å². The highest BCUT2D eigenvalue weighted by molar-refractivity contribution is 5.30. The molecule has 1 aliphatic heterocycles. The van der Waals surface area contributed by atoms with Gasteiger partial charge in [0.25, 0.3) is 0 Å². The monoisotopic (exact) mass is 293 g/mol. The summed E-state index contributed by atoms with van der Waals surface area (Å²) in [4.78, 5) is 0. The molecule has 2 atom stereocenters. The minimum atomic E-state index is 0.392. The standard InChI is InChI=1S/C17H31N3O/c1-5-9-18-13(4)17-15(6-2)19-20(16(17)7-3)11-14-8-10-21-12-14/h13-14,18H,5-12H2,1-4H3. The zero-order chi connectivity index (χ0) is 15.2. The maximum Gasteiger partial charge on any atom is 0.0672 e. The van der Waals surface area contributed by atoms with Gasteiger partial charge in [0.1, 0.15) is 0 Å². The lowest BCUT2D eigenvalue weighted by molar-refractivity contribution is 0.181. The van der Waals surface area contributed by atoms with Crippen LogP contribution in [0.15, 0.2) is 0 Å². The van der Waals surface area contributed by atoms with E-state index in [-0.39, 0.29) is 0 Å². The van der Waals surface area contributed by atoms with E-state index in [2.05, 4.69) is 37.7 Å². The molecule has 0 saturated carbocycles. The van der Waals surface area contributed by atoms with Crippen LogP contribution >= 0.6 is 0 Å². The molecule has 0 amide bonds. The summed E-state index contributed by atoms with van der Waals surface area (Å²) in [5, 5.41) is 8.54. The van der Waals surface area contributed by atoms with E-state index in [0.717, 1.165) is 39.1 Å². The second kappa shape index (κ2) is 7.95. The van der Waals surface area contributed by atoms with Crippen molar-refractivity contribution in [2.45, 2.75) is 66.0 Å². The Hall–Kier alpha value is -0.870. The lowest BCUT2D eigenvalue weighted by Crippen LogP contribution is -2.21. The van der Waals surface area contributed by atoms with Gasteiger partial charge in [-0.15, -0.1) is 0 Å². The highest BCUT2D eigenvalue weighted by Gasteiger charge is 2.23. The molecule has 0 bridgehead atoms. The van der Waals surface area contributed by atoms with Crippen molar-refractivity contribution in [3.05, 3.63) is 17.0 Å². The molecule has 1 fully saturated rings. The second-order valence-corrected chi connectivity index (χ2v) is 6.10. The molecule has 1 N–H and O–H groups in total. The van der Waals surface area contributed by atoms with Gasteiger partial charge >= 0.3 is 0 Å². The van der Waals surface area contributed by atoms with Gasteiger partial charge < -0.3 is 10.1 Å². The third kappa shape index (κ3) is 3.86. The first-order chi connectivity index (χ1) is 10.2. The highest BCUT2D eigenvalue weighted by Crippen LogP contribution is 2.25. The Kier molecular flexibility index (Phi) is 6.24. The average molecular weight is 293 g/mol. The van der Waals surface area contributed by atoms with Crippen LogP contribution < -0.4 is 5.32 Å². The second-order valence-electron chi connectivity index (χ2n) is 6.10. The molecule has 4 nitrogen and oxygen atoms in total. The summed E-state index contributed by atoms with van der Waals surface area (Å²) in [6.07, 6.45) is 4.40. The van der Waals surface area contributed by atoms with Crippen LogP contribution in [0.5, 0.6) is 0 Å². The Balaban J connectivity index is 2.22. The summed E-state index contributed by atoms with van der Waals surface area (Å²) in [5.41, 5.74) is 4.11. The van der Waals surface area contributed by atoms with Crippen LogP contribution in [0.25, 0.3) is 0 Å². The molecule has 0 aromatic carbocycles. The predicted octanol–water partition coefficient (Wildman–Crippen LogP) is 3.11. The summed E-state index contributed by atoms with van der Waals surface area (Å²) < 4.78 is 7.77. The first-order valence-corrected chi connectivity index (χ1v) is 8.60. The fourth-order valence-corrected chi connectivity index (χ4v) is 3.29. The van der Waals surface area contributed by atoms with E-state index in [4.69, 9.17) is 9.84 Å². The number of hydrogen-bond donors (Lipinski definition) is 1. The van der Waals surface area contributed by atoms with E-state index in [1.54, 1.807) is 0 Å². The fraction of sp³-hybridized carbons (Fsp3) is 0.824. The molecule has 2 rings (SSSR count). The molecule has 1 aromatic rings. The van der Waals surface area contributed by atoms with Gasteiger partial charge in [-0.05, 0) is 39.2 Å². The third-order valence-electron chi connectivity index (χ3n) is 4.43. The summed E-state index contributed by atoms with van der Waals surface area (Å²) in [5.74, 6) is 0.631. The Labute approximate surface area is 129 Å². The van der Waals surface area contributed by atoms with Crippen LogP contribution in [0.2, 0.25) is 0 Å². The Morgan fingerprint density at radius 2 is 2.14 bits per heavy atom. The van der Waals surface area contributed by atoms with Crippen LogP contribution in [0, 0.1) is 5.92 Å². The highest BCUT2D eigenvalue weighted by atomic mass is 16.5. The molecular formula is C17H31N3O. The minimum Gasteiger partial charge on any atom is -0.381 e. The SMILES string of the molecule is CCCNC(C)c1c(CC)nn(CC2CCOC2)c1CC. The van der Waals surface area contributed by atoms with E-state index >= 15 is 0 Å². The van der Waals surface area contributed by atoms with E-state index in [9.17, 15) is 0 Å². The van der Waals surface area contributed by atoms with Crippen molar-refractivity contribution in [3.63, 3.8) is 0 Å². The third-order valence-corrected chi connectivity index (χ3v) is 4.43. The Bertz CT molecular complexity index is 435. The molecule has 0 radical (unpaired) electrons. The van der Waals surface area contributed by atoms with Crippen molar-refractivity contribution < 1.29 is 4.74 Å². The molecule has 2 unspecified atom stereocenters. The first-order valence-electron chi connectivity index (χ1n) is 8.60. The molecule has 0 aliphatic carbocycles. The molecule has 21 heavy (non-hydrogen) atoms. The van der Waals surface area contributed by atoms with E-state index in [0.29, 0.717) is 12.0 Å².